The van der Waals surface area contributed by atoms with Crippen LogP contribution in [0.15, 0.2) is 48.5 Å². The van der Waals surface area contributed by atoms with Gasteiger partial charge < -0.3 is 0 Å². The average molecular weight is 215 g/mol. The van der Waals surface area contributed by atoms with Gasteiger partial charge in [-0.2, -0.15) is 0 Å². The van der Waals surface area contributed by atoms with Gasteiger partial charge in [0.15, 0.2) is 0 Å². The molecule has 0 aliphatic heterocycles. The molecule has 0 heterocycles. The molecule has 1 atom stereocenters. The summed E-state index contributed by atoms with van der Waals surface area (Å²) in [4.78, 5) is 0. The average Bonchev–Trinajstić information content (AvgIpc) is 2.17. The van der Waals surface area contributed by atoms with Crippen molar-refractivity contribution in [2.24, 2.45) is 0 Å². The fourth-order valence-corrected chi connectivity index (χ4v) is 3.33. The molecule has 15 heavy (non-hydrogen) atoms. The van der Waals surface area contributed by atoms with E-state index in [1.54, 1.807) is 0 Å². The highest BCUT2D eigenvalue weighted by molar-refractivity contribution is 7.55. The summed E-state index contributed by atoms with van der Waals surface area (Å²) >= 11 is 0. The Labute approximate surface area is 93.1 Å². The molecule has 0 amide bonds. The Morgan fingerprint density at radius 1 is 0.733 bits per heavy atom. The minimum absolute atomic E-state index is 0.246. The second-order valence-electron chi connectivity index (χ2n) is 3.98. The van der Waals surface area contributed by atoms with Gasteiger partial charge in [-0.1, -0.05) is 24.3 Å². The van der Waals surface area contributed by atoms with E-state index in [1.165, 1.54) is 21.7 Å². The lowest BCUT2D eigenvalue weighted by Gasteiger charge is -1.99. The zero-order valence-corrected chi connectivity index (χ0v) is 10.4. The predicted molar refractivity (Wildman–Crippen MR) is 71.3 cm³/mol. The van der Waals surface area contributed by atoms with Crippen LogP contribution in [0.25, 0.3) is 0 Å². The molecular formula is C14H16P+. The molecule has 2 rings (SSSR count). The molecule has 0 N–H and O–H groups in total. The van der Waals surface area contributed by atoms with Crippen LogP contribution in [-0.4, -0.2) is 0 Å². The van der Waals surface area contributed by atoms with Gasteiger partial charge in [0.2, 0.25) is 0 Å². The van der Waals surface area contributed by atoms with Gasteiger partial charge in [0.05, 0.1) is 19.2 Å². The third kappa shape index (κ3) is 2.91. The zero-order chi connectivity index (χ0) is 10.7. The Morgan fingerprint density at radius 3 is 1.93 bits per heavy atom. The number of hydrogen-bond donors (Lipinski definition) is 0. The van der Waals surface area contributed by atoms with Crippen molar-refractivity contribution in [3.63, 3.8) is 0 Å². The van der Waals surface area contributed by atoms with Crippen LogP contribution in [0.5, 0.6) is 0 Å². The van der Waals surface area contributed by atoms with Crippen LogP contribution in [-0.2, 0) is 0 Å². The molecule has 0 radical (unpaired) electrons. The number of benzene rings is 2. The second kappa shape index (κ2) is 4.59. The molecule has 1 unspecified atom stereocenters. The van der Waals surface area contributed by atoms with E-state index < -0.39 is 0 Å². The van der Waals surface area contributed by atoms with E-state index in [1.807, 2.05) is 0 Å². The Morgan fingerprint density at radius 2 is 1.33 bits per heavy atom. The molecule has 0 fully saturated rings. The van der Waals surface area contributed by atoms with Gasteiger partial charge in [0.25, 0.3) is 0 Å². The maximum Gasteiger partial charge on any atom is 0.0947 e. The number of aryl methyl sites for hydroxylation is 2. The molecule has 76 valence electrons. The van der Waals surface area contributed by atoms with E-state index in [0.29, 0.717) is 0 Å². The first kappa shape index (κ1) is 10.4. The van der Waals surface area contributed by atoms with Gasteiger partial charge in [0.1, 0.15) is 0 Å². The SMILES string of the molecule is Cc1cc(C)cc([PH2+]c2ccccc2)c1. The van der Waals surface area contributed by atoms with Crippen molar-refractivity contribution in [1.82, 2.24) is 0 Å². The normalized spacial score (nSPS) is 11.1. The van der Waals surface area contributed by atoms with Crippen LogP contribution in [0.1, 0.15) is 11.1 Å². The first-order valence-corrected chi connectivity index (χ1v) is 6.37. The quantitative estimate of drug-likeness (QED) is 0.676. The summed E-state index contributed by atoms with van der Waals surface area (Å²) < 4.78 is 0. The van der Waals surface area contributed by atoms with Crippen molar-refractivity contribution in [1.29, 1.82) is 0 Å². The summed E-state index contributed by atoms with van der Waals surface area (Å²) in [5.74, 6) is 0. The molecule has 0 spiro atoms. The monoisotopic (exact) mass is 215 g/mol. The van der Waals surface area contributed by atoms with Crippen molar-refractivity contribution in [2.75, 3.05) is 0 Å². The predicted octanol–water partition coefficient (Wildman–Crippen LogP) is 2.67. The standard InChI is InChI=1S/C14H15P/c1-11-8-12(2)10-14(9-11)15-13-6-4-3-5-7-13/h3-10,15H,1-2H3/p+1. The molecule has 0 aliphatic carbocycles. The van der Waals surface area contributed by atoms with Gasteiger partial charge in [-0.15, -0.1) is 0 Å². The maximum atomic E-state index is 2.30. The lowest BCUT2D eigenvalue weighted by molar-refractivity contribution is 1.41. The third-order valence-corrected chi connectivity index (χ3v) is 3.76. The lowest BCUT2D eigenvalue weighted by Crippen LogP contribution is -2.03. The smallest absolute Gasteiger partial charge is 0.0620 e. The fraction of sp³-hybridized carbons (Fsp3) is 0.143. The van der Waals surface area contributed by atoms with Crippen LogP contribution in [0.3, 0.4) is 0 Å². The molecule has 0 saturated carbocycles. The summed E-state index contributed by atoms with van der Waals surface area (Å²) in [7, 11) is 0.246. The topological polar surface area (TPSA) is 0 Å². The Balaban J connectivity index is 2.25. The van der Waals surface area contributed by atoms with E-state index in [9.17, 15) is 0 Å². The van der Waals surface area contributed by atoms with Crippen molar-refractivity contribution in [2.45, 2.75) is 13.8 Å². The third-order valence-electron chi connectivity index (χ3n) is 2.38. The highest BCUT2D eigenvalue weighted by atomic mass is 31.1. The van der Waals surface area contributed by atoms with E-state index >= 15 is 0 Å². The summed E-state index contributed by atoms with van der Waals surface area (Å²) in [5.41, 5.74) is 2.74. The van der Waals surface area contributed by atoms with E-state index in [2.05, 4.69) is 62.4 Å². The van der Waals surface area contributed by atoms with Crippen molar-refractivity contribution < 1.29 is 0 Å². The van der Waals surface area contributed by atoms with Gasteiger partial charge >= 0.3 is 0 Å². The first-order valence-electron chi connectivity index (χ1n) is 5.22. The van der Waals surface area contributed by atoms with E-state index in [0.717, 1.165) is 0 Å². The van der Waals surface area contributed by atoms with E-state index in [4.69, 9.17) is 0 Å². The largest absolute Gasteiger partial charge is 0.0947 e. The maximum absolute atomic E-state index is 2.30. The second-order valence-corrected chi connectivity index (χ2v) is 5.60. The van der Waals surface area contributed by atoms with Crippen LogP contribution in [0.4, 0.5) is 0 Å². The molecule has 2 aromatic rings. The van der Waals surface area contributed by atoms with Crippen molar-refractivity contribution in [3.8, 4) is 0 Å². The minimum atomic E-state index is 0.246. The van der Waals surface area contributed by atoms with Crippen LogP contribution in [0, 0.1) is 13.8 Å². The lowest BCUT2D eigenvalue weighted by atomic mass is 10.2. The van der Waals surface area contributed by atoms with Crippen LogP contribution in [0.2, 0.25) is 0 Å². The highest BCUT2D eigenvalue weighted by Gasteiger charge is 2.04. The molecular weight excluding hydrogens is 199 g/mol. The van der Waals surface area contributed by atoms with Gasteiger partial charge in [-0.25, -0.2) is 0 Å². The fourth-order valence-electron chi connectivity index (χ4n) is 1.83. The summed E-state index contributed by atoms with van der Waals surface area (Å²) in [6.07, 6.45) is 0. The summed E-state index contributed by atoms with van der Waals surface area (Å²) in [6, 6.07) is 17.6. The summed E-state index contributed by atoms with van der Waals surface area (Å²) in [6.45, 7) is 4.34. The van der Waals surface area contributed by atoms with E-state index in [-0.39, 0.29) is 8.58 Å². The van der Waals surface area contributed by atoms with Crippen molar-refractivity contribution >= 4 is 19.2 Å². The molecule has 0 nitrogen and oxygen atoms in total. The molecule has 2 aromatic carbocycles. The Bertz CT molecular complexity index is 426. The molecule has 0 aliphatic rings. The molecule has 0 aromatic heterocycles. The van der Waals surface area contributed by atoms with Crippen LogP contribution < -0.4 is 10.6 Å². The Kier molecular flexibility index (Phi) is 3.18. The van der Waals surface area contributed by atoms with Crippen molar-refractivity contribution in [3.05, 3.63) is 59.7 Å². The minimum Gasteiger partial charge on any atom is -0.0620 e. The molecule has 0 bridgehead atoms. The first-order chi connectivity index (χ1) is 7.24. The van der Waals surface area contributed by atoms with Crippen LogP contribution >= 0.6 is 8.58 Å². The zero-order valence-electron chi connectivity index (χ0n) is 9.20. The number of rotatable bonds is 2. The van der Waals surface area contributed by atoms with Gasteiger partial charge in [-0.3, -0.25) is 0 Å². The van der Waals surface area contributed by atoms with Gasteiger partial charge in [-0.05, 0) is 49.2 Å². The molecule has 0 saturated heterocycles. The number of hydrogen-bond acceptors (Lipinski definition) is 0. The molecule has 1 heteroatoms. The summed E-state index contributed by atoms with van der Waals surface area (Å²) in [5, 5.41) is 2.95. The Hall–Kier alpha value is -1.13. The highest BCUT2D eigenvalue weighted by Crippen LogP contribution is 2.12. The van der Waals surface area contributed by atoms with Gasteiger partial charge in [0, 0.05) is 0 Å².